The van der Waals surface area contributed by atoms with Gasteiger partial charge in [-0.05, 0) is 157 Å². The maximum atomic E-state index is 13.8. The fourth-order valence-electron chi connectivity index (χ4n) is 9.27. The summed E-state index contributed by atoms with van der Waals surface area (Å²) >= 11 is 2.84. The number of carbonyl (C=O) groups excluding carboxylic acids is 12. The van der Waals surface area contributed by atoms with E-state index in [2.05, 4.69) is 47.2 Å². The van der Waals surface area contributed by atoms with Gasteiger partial charge in [-0.1, -0.05) is 20.8 Å². The van der Waals surface area contributed by atoms with E-state index in [1.54, 1.807) is 39.0 Å². The van der Waals surface area contributed by atoms with Crippen LogP contribution >= 0.6 is 23.1 Å². The van der Waals surface area contributed by atoms with Gasteiger partial charge in [-0.3, -0.25) is 57.7 Å². The summed E-state index contributed by atoms with van der Waals surface area (Å²) in [5, 5.41) is 20.4. The van der Waals surface area contributed by atoms with Gasteiger partial charge >= 0.3 is 6.09 Å². The largest absolute Gasteiger partial charge is 0.444 e. The Morgan fingerprint density at radius 1 is 0.648 bits per heavy atom. The second-order valence-electron chi connectivity index (χ2n) is 24.6. The highest BCUT2D eigenvalue weighted by Crippen LogP contribution is 2.31. The Hall–Kier alpha value is -6.51. The number of ether oxygens (including phenoxy) is 1. The van der Waals surface area contributed by atoms with Gasteiger partial charge in [0.15, 0.2) is 28.9 Å². The summed E-state index contributed by atoms with van der Waals surface area (Å²) in [6, 6.07) is 1.02. The van der Waals surface area contributed by atoms with Crippen molar-refractivity contribution in [3.05, 3.63) is 23.2 Å². The van der Waals surface area contributed by atoms with E-state index in [0.717, 1.165) is 24.2 Å². The molecule has 1 aromatic carbocycles. The first-order valence-corrected chi connectivity index (χ1v) is 32.4. The molecule has 0 bridgehead atoms. The molecule has 88 heavy (non-hydrogen) atoms. The number of ketones is 5. The normalized spacial score (nSPS) is 14.9. The van der Waals surface area contributed by atoms with Crippen LogP contribution in [-0.4, -0.2) is 186 Å². The molecule has 0 saturated carbocycles. The number of alkyl carbamates (subject to hydrolysis) is 1. The average molecular weight is 1270 g/mol. The van der Waals surface area contributed by atoms with Crippen molar-refractivity contribution >= 4 is 114 Å². The number of anilines is 1. The lowest BCUT2D eigenvalue weighted by atomic mass is 9.96. The summed E-state index contributed by atoms with van der Waals surface area (Å²) in [6.07, 6.45) is 2.32. The van der Waals surface area contributed by atoms with Crippen molar-refractivity contribution in [1.29, 1.82) is 0 Å². The minimum atomic E-state index is -1.01. The number of nitrogens with one attached hydrogen (secondary N) is 7. The second-order valence-corrected chi connectivity index (χ2v) is 26.6. The fraction of sp³-hybridized carbons (Fsp3) is 0.677. The third kappa shape index (κ3) is 30.6. The molecule has 2 aromatic rings. The van der Waals surface area contributed by atoms with Crippen LogP contribution in [-0.2, 0) is 57.5 Å². The zero-order valence-corrected chi connectivity index (χ0v) is 55.4. The minimum absolute atomic E-state index is 0.0166. The number of benzene rings is 1. The molecular formula is C62H97N11O13S2. The summed E-state index contributed by atoms with van der Waals surface area (Å²) < 4.78 is 6.15. The summed E-state index contributed by atoms with van der Waals surface area (Å²) in [4.78, 5) is 170. The van der Waals surface area contributed by atoms with Gasteiger partial charge in [0.25, 0.3) is 0 Å². The van der Waals surface area contributed by atoms with E-state index >= 15 is 0 Å². The summed E-state index contributed by atoms with van der Waals surface area (Å²) in [7, 11) is 7.70. The second kappa shape index (κ2) is 38.8. The number of unbranched alkanes of at least 4 members (excludes halogenated alkanes) is 3. The molecule has 490 valence electrons. The Kier molecular flexibility index (Phi) is 33.4. The number of aliphatic imine (C=N–C) groups is 1. The lowest BCUT2D eigenvalue weighted by Gasteiger charge is -2.23. The van der Waals surface area contributed by atoms with E-state index < -0.39 is 101 Å². The van der Waals surface area contributed by atoms with Gasteiger partial charge in [0.05, 0.1) is 34.9 Å². The topological polar surface area (TPSA) is 330 Å². The molecule has 1 aliphatic rings. The van der Waals surface area contributed by atoms with Crippen molar-refractivity contribution in [3.8, 4) is 0 Å². The number of amides is 7. The van der Waals surface area contributed by atoms with Crippen LogP contribution in [0.4, 0.5) is 10.5 Å². The van der Waals surface area contributed by atoms with Crippen molar-refractivity contribution in [2.45, 2.75) is 200 Å². The van der Waals surface area contributed by atoms with Gasteiger partial charge in [-0.25, -0.2) is 9.78 Å². The molecule has 0 aliphatic carbocycles. The SMILES string of the molecule is CC(=O)NCCCCC(NC(=O)[C@H](C)CC(=O)CNC(=O)CCC(=O)[C@H](CCCCN(C)C)NC(=O)CCC(=O)[C@H](CC(C)C)NC(=O)CCC(=O)[C@H](CCCCN(C)C)NC(=O)OC(C)(C)C)C(=O)Nc1ccc2nc(C3=NC(C(C)=O)CS3)sc2c1. The molecule has 26 heteroatoms. The zero-order chi connectivity index (χ0) is 65.7. The number of carbonyl (C=O) groups is 12. The molecule has 0 spiro atoms. The predicted molar refractivity (Wildman–Crippen MR) is 342 cm³/mol. The van der Waals surface area contributed by atoms with Gasteiger partial charge < -0.3 is 51.8 Å². The smallest absolute Gasteiger partial charge is 0.408 e. The Balaban J connectivity index is 1.55. The van der Waals surface area contributed by atoms with Crippen LogP contribution in [0.15, 0.2) is 23.2 Å². The first-order chi connectivity index (χ1) is 41.4. The Morgan fingerprint density at radius 3 is 1.74 bits per heavy atom. The average Bonchev–Trinajstić information content (AvgIpc) is 1.83. The number of hydrogen-bond donors (Lipinski definition) is 7. The number of fused-ring (bicyclic) bond motifs is 1. The number of aromatic nitrogens is 1. The summed E-state index contributed by atoms with van der Waals surface area (Å²) in [6.45, 7) is 14.8. The van der Waals surface area contributed by atoms with Crippen molar-refractivity contribution in [2.75, 3.05) is 65.4 Å². The molecule has 6 atom stereocenters. The molecule has 0 saturated heterocycles. The lowest BCUT2D eigenvalue weighted by Crippen LogP contribution is -2.46. The monoisotopic (exact) mass is 1270 g/mol. The van der Waals surface area contributed by atoms with Gasteiger partial charge in [-0.2, -0.15) is 0 Å². The molecule has 2 heterocycles. The van der Waals surface area contributed by atoms with Gasteiger partial charge in [0.1, 0.15) is 27.7 Å². The van der Waals surface area contributed by atoms with E-state index in [0.29, 0.717) is 72.1 Å². The molecule has 7 amide bonds. The van der Waals surface area contributed by atoms with E-state index in [4.69, 9.17) is 4.74 Å². The number of hydrogen-bond acceptors (Lipinski definition) is 19. The standard InChI is InChI=1S/C62H97N11O13S2/c1-38(2)33-48(67-56(82)28-25-51(78)45(20-15-18-32-73(11)12)71-61(85)86-62(6,7)8)52(79)26-29-55(81)66-44(19-14-17-31-72(9)10)50(77)24-27-54(80)64-36-43(76)34-39(3)57(83)68-47(21-13-16-30-63-41(5)75)58(84)65-42-22-23-46-53(35-42)88-60(69-46)59-70-49(37-87-59)40(4)74/h22-23,35,38-39,44-45,47-49H,13-21,24-34,36-37H2,1-12H3,(H,63,75)(H,64,80)(H,65,84)(H,66,81)(H,67,82)(H,68,83)(H,71,85)/t39-,44+,45+,47?,48+,49?/m1/s1. The molecule has 24 nitrogen and oxygen atoms in total. The van der Waals surface area contributed by atoms with Crippen molar-refractivity contribution in [2.24, 2.45) is 16.8 Å². The molecule has 1 aromatic heterocycles. The zero-order valence-electron chi connectivity index (χ0n) is 53.7. The van der Waals surface area contributed by atoms with Crippen molar-refractivity contribution in [3.63, 3.8) is 0 Å². The Morgan fingerprint density at radius 2 is 1.19 bits per heavy atom. The third-order valence-electron chi connectivity index (χ3n) is 14.1. The molecule has 0 fully saturated rings. The number of rotatable bonds is 42. The third-order valence-corrected chi connectivity index (χ3v) is 16.3. The van der Waals surface area contributed by atoms with E-state index in [9.17, 15) is 57.5 Å². The Labute approximate surface area is 526 Å². The maximum absolute atomic E-state index is 13.8. The van der Waals surface area contributed by atoms with Crippen LogP contribution in [0.2, 0.25) is 0 Å². The summed E-state index contributed by atoms with van der Waals surface area (Å²) in [5.41, 5.74) is 0.364. The number of thioether (sulfide) groups is 1. The molecule has 7 N–H and O–H groups in total. The lowest BCUT2D eigenvalue weighted by molar-refractivity contribution is -0.132. The van der Waals surface area contributed by atoms with Gasteiger partial charge in [0, 0.05) is 75.8 Å². The van der Waals surface area contributed by atoms with Gasteiger partial charge in [0.2, 0.25) is 35.4 Å². The summed E-state index contributed by atoms with van der Waals surface area (Å²) in [5.74, 6) is -4.99. The minimum Gasteiger partial charge on any atom is -0.444 e. The van der Waals surface area contributed by atoms with Gasteiger partial charge in [-0.15, -0.1) is 23.1 Å². The quantitative estimate of drug-likeness (QED) is 0.0397. The van der Waals surface area contributed by atoms with Crippen LogP contribution in [0.1, 0.15) is 170 Å². The van der Waals surface area contributed by atoms with E-state index in [-0.39, 0.29) is 87.6 Å². The molecule has 3 rings (SSSR count). The van der Waals surface area contributed by atoms with Crippen LogP contribution in [0.25, 0.3) is 10.2 Å². The first-order valence-electron chi connectivity index (χ1n) is 30.6. The molecule has 2 unspecified atom stereocenters. The first kappa shape index (κ1) is 75.7. The van der Waals surface area contributed by atoms with Crippen LogP contribution in [0.3, 0.4) is 0 Å². The predicted octanol–water partition coefficient (Wildman–Crippen LogP) is 5.61. The molecular weight excluding hydrogens is 1170 g/mol. The van der Waals surface area contributed by atoms with Crippen LogP contribution < -0.4 is 37.2 Å². The highest BCUT2D eigenvalue weighted by atomic mass is 32.2. The van der Waals surface area contributed by atoms with E-state index in [1.165, 1.54) is 43.9 Å². The van der Waals surface area contributed by atoms with Crippen LogP contribution in [0.5, 0.6) is 0 Å². The Bertz CT molecular complexity index is 2760. The van der Waals surface area contributed by atoms with Crippen molar-refractivity contribution in [1.82, 2.24) is 46.7 Å². The molecule has 1 aliphatic heterocycles. The highest BCUT2D eigenvalue weighted by molar-refractivity contribution is 8.15. The number of thiazole rings is 1. The molecule has 0 radical (unpaired) electrons. The number of nitrogens with zero attached hydrogens (tertiary/aromatic N) is 4. The van der Waals surface area contributed by atoms with E-state index in [1.807, 2.05) is 51.8 Å². The maximum Gasteiger partial charge on any atom is 0.408 e. The van der Waals surface area contributed by atoms with Crippen molar-refractivity contribution < 1.29 is 62.3 Å². The number of Topliss-reactive ketones (excluding diaryl/α,β-unsaturated/α-hetero) is 5. The fourth-order valence-corrected chi connectivity index (χ4v) is 11.5. The van der Waals surface area contributed by atoms with Crippen LogP contribution in [0, 0.1) is 11.8 Å². The highest BCUT2D eigenvalue weighted by Gasteiger charge is 2.30.